The molecule has 2 atom stereocenters. The van der Waals surface area contributed by atoms with E-state index in [2.05, 4.69) is 11.4 Å². The fourth-order valence-corrected chi connectivity index (χ4v) is 3.81. The van der Waals surface area contributed by atoms with Crippen molar-refractivity contribution in [3.8, 4) is 16.5 Å². The summed E-state index contributed by atoms with van der Waals surface area (Å²) in [5, 5.41) is 12.7. The number of thiophene rings is 1. The highest BCUT2D eigenvalue weighted by atomic mass is 32.1. The number of ether oxygens (including phenoxy) is 2. The maximum Gasteiger partial charge on any atom is 0.253 e. The second-order valence-electron chi connectivity index (χ2n) is 6.28. The first-order valence-corrected chi connectivity index (χ1v) is 9.62. The molecule has 1 amide bonds. The van der Waals surface area contributed by atoms with Crippen LogP contribution in [0.3, 0.4) is 0 Å². The number of hydrogen-bond acceptors (Lipinski definition) is 5. The van der Waals surface area contributed by atoms with Gasteiger partial charge < -0.3 is 14.8 Å². The molecule has 1 aliphatic rings. The molecule has 136 valence electrons. The van der Waals surface area contributed by atoms with E-state index in [-0.39, 0.29) is 12.0 Å². The van der Waals surface area contributed by atoms with Crippen molar-refractivity contribution in [3.63, 3.8) is 0 Å². The van der Waals surface area contributed by atoms with Crippen molar-refractivity contribution in [2.45, 2.75) is 38.4 Å². The highest BCUT2D eigenvalue weighted by molar-refractivity contribution is 7.19. The Morgan fingerprint density at radius 3 is 2.92 bits per heavy atom. The summed E-state index contributed by atoms with van der Waals surface area (Å²) < 4.78 is 11.3. The number of nitrogens with zero attached hydrogens (tertiary/aromatic N) is 1. The molecule has 1 aromatic heterocycles. The van der Waals surface area contributed by atoms with Gasteiger partial charge in [-0.15, -0.1) is 11.3 Å². The molecule has 0 spiro atoms. The molecule has 26 heavy (non-hydrogen) atoms. The van der Waals surface area contributed by atoms with Crippen LogP contribution >= 0.6 is 11.3 Å². The topological polar surface area (TPSA) is 71.3 Å². The van der Waals surface area contributed by atoms with Crippen LogP contribution in [0, 0.1) is 11.3 Å². The number of rotatable bonds is 6. The lowest BCUT2D eigenvalue weighted by Gasteiger charge is -2.23. The summed E-state index contributed by atoms with van der Waals surface area (Å²) >= 11 is 1.39. The molecule has 0 radical (unpaired) electrons. The maximum absolute atomic E-state index is 12.4. The zero-order valence-corrected chi connectivity index (χ0v) is 15.6. The Bertz CT molecular complexity index is 776. The molecule has 1 aromatic carbocycles. The van der Waals surface area contributed by atoms with Crippen LogP contribution in [-0.4, -0.2) is 31.3 Å². The summed E-state index contributed by atoms with van der Waals surface area (Å²) in [6.07, 6.45) is 2.66. The molecule has 6 heteroatoms. The van der Waals surface area contributed by atoms with Crippen LogP contribution in [0.5, 0.6) is 0 Å². The van der Waals surface area contributed by atoms with Gasteiger partial charge in [0, 0.05) is 11.5 Å². The van der Waals surface area contributed by atoms with E-state index in [4.69, 9.17) is 9.47 Å². The van der Waals surface area contributed by atoms with E-state index >= 15 is 0 Å². The first-order valence-electron chi connectivity index (χ1n) is 8.81. The monoisotopic (exact) mass is 370 g/mol. The Morgan fingerprint density at radius 2 is 2.23 bits per heavy atom. The Labute approximate surface area is 157 Å². The lowest BCUT2D eigenvalue weighted by molar-refractivity contribution is -0.130. The van der Waals surface area contributed by atoms with Crippen LogP contribution in [0.25, 0.3) is 10.4 Å². The SMILES string of the molecule is C[C@@H](OC[C@H]1CCCCO1)C(=O)Nc1sc(-c2ccccc2)cc1C#N. The molecule has 5 nitrogen and oxygen atoms in total. The van der Waals surface area contributed by atoms with Crippen LogP contribution in [0.4, 0.5) is 5.00 Å². The summed E-state index contributed by atoms with van der Waals surface area (Å²) in [5.74, 6) is -0.251. The van der Waals surface area contributed by atoms with E-state index in [9.17, 15) is 10.1 Å². The highest BCUT2D eigenvalue weighted by Crippen LogP contribution is 2.35. The molecule has 3 rings (SSSR count). The number of carbonyl (C=O) groups is 1. The van der Waals surface area contributed by atoms with Gasteiger partial charge >= 0.3 is 0 Å². The summed E-state index contributed by atoms with van der Waals surface area (Å²) in [7, 11) is 0. The lowest BCUT2D eigenvalue weighted by atomic mass is 10.1. The Kier molecular flexibility index (Phi) is 6.40. The van der Waals surface area contributed by atoms with Crippen molar-refractivity contribution in [2.75, 3.05) is 18.5 Å². The minimum absolute atomic E-state index is 0.0695. The van der Waals surface area contributed by atoms with Crippen molar-refractivity contribution in [3.05, 3.63) is 42.0 Å². The lowest BCUT2D eigenvalue weighted by Crippen LogP contribution is -2.32. The van der Waals surface area contributed by atoms with Gasteiger partial charge in [-0.25, -0.2) is 0 Å². The average Bonchev–Trinajstić information content (AvgIpc) is 3.10. The van der Waals surface area contributed by atoms with Gasteiger partial charge in [0.15, 0.2) is 0 Å². The first-order chi connectivity index (χ1) is 12.7. The molecule has 2 heterocycles. The molecule has 1 saturated heterocycles. The molecule has 0 aliphatic carbocycles. The van der Waals surface area contributed by atoms with Gasteiger partial charge in [0.25, 0.3) is 5.91 Å². The fraction of sp³-hybridized carbons (Fsp3) is 0.400. The second kappa shape index (κ2) is 8.95. The number of carbonyl (C=O) groups excluding carboxylic acids is 1. The molecule has 1 fully saturated rings. The molecular weight excluding hydrogens is 348 g/mol. The third-order valence-corrected chi connectivity index (χ3v) is 5.42. The molecular formula is C20H22N2O3S. The van der Waals surface area contributed by atoms with E-state index in [1.54, 1.807) is 13.0 Å². The third kappa shape index (κ3) is 4.70. The van der Waals surface area contributed by atoms with Gasteiger partial charge in [0.05, 0.1) is 18.3 Å². The summed E-state index contributed by atoms with van der Waals surface area (Å²) in [4.78, 5) is 13.4. The van der Waals surface area contributed by atoms with E-state index in [1.165, 1.54) is 11.3 Å². The predicted molar refractivity (Wildman–Crippen MR) is 102 cm³/mol. The van der Waals surface area contributed by atoms with Gasteiger partial charge in [-0.1, -0.05) is 30.3 Å². The van der Waals surface area contributed by atoms with Gasteiger partial charge in [0.1, 0.15) is 17.2 Å². The van der Waals surface area contributed by atoms with E-state index in [0.29, 0.717) is 17.2 Å². The standard InChI is InChI=1S/C20H22N2O3S/c1-14(25-13-17-9-5-6-10-24-17)19(23)22-20-16(12-21)11-18(26-20)15-7-3-2-4-8-15/h2-4,7-8,11,14,17H,5-6,9-10,13H2,1H3,(H,22,23)/t14-,17-/m1/s1. The van der Waals surface area contributed by atoms with E-state index in [0.717, 1.165) is 36.3 Å². The van der Waals surface area contributed by atoms with Crippen LogP contribution in [0.1, 0.15) is 31.7 Å². The summed E-state index contributed by atoms with van der Waals surface area (Å²) in [6.45, 7) is 2.90. The minimum Gasteiger partial charge on any atom is -0.376 e. The van der Waals surface area contributed by atoms with Gasteiger partial charge in [-0.2, -0.15) is 5.26 Å². The first kappa shape index (κ1) is 18.6. The van der Waals surface area contributed by atoms with Crippen molar-refractivity contribution in [1.82, 2.24) is 0 Å². The van der Waals surface area contributed by atoms with Gasteiger partial charge in [-0.05, 0) is 37.8 Å². The number of anilines is 1. The second-order valence-corrected chi connectivity index (χ2v) is 7.34. The van der Waals surface area contributed by atoms with Crippen LogP contribution < -0.4 is 5.32 Å². The predicted octanol–water partition coefficient (Wildman–Crippen LogP) is 4.20. The van der Waals surface area contributed by atoms with Crippen LogP contribution in [-0.2, 0) is 14.3 Å². The van der Waals surface area contributed by atoms with E-state index < -0.39 is 6.10 Å². The van der Waals surface area contributed by atoms with Gasteiger partial charge in [0.2, 0.25) is 0 Å². The average molecular weight is 370 g/mol. The Morgan fingerprint density at radius 1 is 1.42 bits per heavy atom. The zero-order valence-electron chi connectivity index (χ0n) is 14.7. The number of nitrogens with one attached hydrogen (secondary N) is 1. The normalized spacial score (nSPS) is 18.1. The maximum atomic E-state index is 12.4. The van der Waals surface area contributed by atoms with Crippen molar-refractivity contribution < 1.29 is 14.3 Å². The number of hydrogen-bond donors (Lipinski definition) is 1. The largest absolute Gasteiger partial charge is 0.376 e. The fourth-order valence-electron chi connectivity index (χ4n) is 2.79. The molecule has 1 aliphatic heterocycles. The quantitative estimate of drug-likeness (QED) is 0.827. The number of benzene rings is 1. The van der Waals surface area contributed by atoms with Crippen LogP contribution in [0.15, 0.2) is 36.4 Å². The minimum atomic E-state index is -0.602. The molecule has 0 unspecified atom stereocenters. The highest BCUT2D eigenvalue weighted by Gasteiger charge is 2.21. The van der Waals surface area contributed by atoms with Crippen molar-refractivity contribution >= 4 is 22.2 Å². The number of nitriles is 1. The molecule has 2 aromatic rings. The molecule has 0 saturated carbocycles. The van der Waals surface area contributed by atoms with Crippen molar-refractivity contribution in [2.24, 2.45) is 0 Å². The van der Waals surface area contributed by atoms with E-state index in [1.807, 2.05) is 30.3 Å². The van der Waals surface area contributed by atoms with Gasteiger partial charge in [-0.3, -0.25) is 4.79 Å². The zero-order chi connectivity index (χ0) is 18.4. The Balaban J connectivity index is 1.61. The molecule has 1 N–H and O–H groups in total. The smallest absolute Gasteiger partial charge is 0.253 e. The molecule has 0 bridgehead atoms. The van der Waals surface area contributed by atoms with Crippen molar-refractivity contribution in [1.29, 1.82) is 5.26 Å². The van der Waals surface area contributed by atoms with Crippen LogP contribution in [0.2, 0.25) is 0 Å². The summed E-state index contributed by atoms with van der Waals surface area (Å²) in [6, 6.07) is 13.8. The summed E-state index contributed by atoms with van der Waals surface area (Å²) in [5.41, 5.74) is 1.48. The third-order valence-electron chi connectivity index (χ3n) is 4.32. The number of amides is 1. The Hall–Kier alpha value is -2.20.